The van der Waals surface area contributed by atoms with Crippen molar-refractivity contribution in [1.29, 1.82) is 0 Å². The fourth-order valence-electron chi connectivity index (χ4n) is 4.74. The van der Waals surface area contributed by atoms with Crippen LogP contribution >= 0.6 is 0 Å². The number of likely N-dealkylation sites (N-methyl/N-ethyl adjacent to an activating group) is 1. The second-order valence-electron chi connectivity index (χ2n) is 8.69. The molecule has 10 heteroatoms. The summed E-state index contributed by atoms with van der Waals surface area (Å²) in [6.45, 7) is -2.40. The summed E-state index contributed by atoms with van der Waals surface area (Å²) in [7, 11) is 0.0845. The van der Waals surface area contributed by atoms with E-state index in [0.717, 1.165) is 37.7 Å². The molecule has 0 bridgehead atoms. The highest BCUT2D eigenvalue weighted by Gasteiger charge is 2.38. The Morgan fingerprint density at radius 3 is 2.44 bits per heavy atom. The highest BCUT2D eigenvalue weighted by atomic mass is 32.2. The molecular formula is C22H32F2N2O5S. The van der Waals surface area contributed by atoms with Crippen LogP contribution in [-0.2, 0) is 21.2 Å². The third kappa shape index (κ3) is 6.54. The molecule has 2 fully saturated rings. The van der Waals surface area contributed by atoms with E-state index in [1.807, 2.05) is 9.80 Å². The fourth-order valence-corrected chi connectivity index (χ4v) is 6.45. The number of carbonyl (C=O) groups excluding carboxylic acids is 1. The van der Waals surface area contributed by atoms with Gasteiger partial charge in [0.1, 0.15) is 0 Å². The van der Waals surface area contributed by atoms with E-state index in [9.17, 15) is 22.0 Å². The highest BCUT2D eigenvalue weighted by Crippen LogP contribution is 2.31. The first-order valence-corrected chi connectivity index (χ1v) is 12.8. The molecule has 0 spiro atoms. The molecule has 1 heterocycles. The Morgan fingerprint density at radius 1 is 1.12 bits per heavy atom. The third-order valence-corrected chi connectivity index (χ3v) is 7.91. The van der Waals surface area contributed by atoms with Crippen molar-refractivity contribution in [2.24, 2.45) is 0 Å². The molecule has 1 aromatic carbocycles. The highest BCUT2D eigenvalue weighted by molar-refractivity contribution is 7.91. The number of hydrogen-bond acceptors (Lipinski definition) is 6. The molecule has 1 saturated heterocycles. The van der Waals surface area contributed by atoms with E-state index in [0.29, 0.717) is 13.0 Å². The Labute approximate surface area is 188 Å². The summed E-state index contributed by atoms with van der Waals surface area (Å²) in [6.07, 6.45) is 5.57. The van der Waals surface area contributed by atoms with Gasteiger partial charge in [-0.3, -0.25) is 9.69 Å². The molecule has 1 aromatic rings. The number of benzene rings is 1. The number of rotatable bonds is 9. The van der Waals surface area contributed by atoms with Crippen molar-refractivity contribution in [3.05, 3.63) is 23.8 Å². The number of halogens is 2. The van der Waals surface area contributed by atoms with E-state index >= 15 is 0 Å². The lowest BCUT2D eigenvalue weighted by molar-refractivity contribution is -0.137. The maximum absolute atomic E-state index is 13.3. The Morgan fingerprint density at radius 2 is 1.84 bits per heavy atom. The van der Waals surface area contributed by atoms with Crippen molar-refractivity contribution in [3.63, 3.8) is 0 Å². The van der Waals surface area contributed by atoms with Crippen molar-refractivity contribution in [2.45, 2.75) is 63.8 Å². The average molecular weight is 475 g/mol. The Bertz CT molecular complexity index is 890. The summed E-state index contributed by atoms with van der Waals surface area (Å²) in [5.74, 6) is 0.267. The molecule has 0 radical (unpaired) electrons. The van der Waals surface area contributed by atoms with Gasteiger partial charge in [-0.25, -0.2) is 8.42 Å². The first kappa shape index (κ1) is 24.7. The van der Waals surface area contributed by atoms with Gasteiger partial charge in [-0.1, -0.05) is 25.3 Å². The summed E-state index contributed by atoms with van der Waals surface area (Å²) in [4.78, 5) is 17.0. The van der Waals surface area contributed by atoms with Gasteiger partial charge in [0, 0.05) is 18.6 Å². The molecule has 32 heavy (non-hydrogen) atoms. The molecule has 1 saturated carbocycles. The number of carbonyl (C=O) groups is 1. The van der Waals surface area contributed by atoms with Gasteiger partial charge in [-0.05, 0) is 44.0 Å². The Balaban J connectivity index is 1.67. The third-order valence-electron chi connectivity index (χ3n) is 6.16. The van der Waals surface area contributed by atoms with Crippen LogP contribution < -0.4 is 9.47 Å². The molecule has 1 amide bonds. The number of sulfone groups is 1. The quantitative estimate of drug-likeness (QED) is 0.548. The molecule has 3 rings (SSSR count). The molecular weight excluding hydrogens is 442 g/mol. The van der Waals surface area contributed by atoms with Crippen LogP contribution in [0.1, 0.15) is 44.1 Å². The van der Waals surface area contributed by atoms with E-state index < -0.39 is 16.4 Å². The van der Waals surface area contributed by atoms with Gasteiger partial charge in [0.15, 0.2) is 21.3 Å². The monoisotopic (exact) mass is 474 g/mol. The van der Waals surface area contributed by atoms with Crippen molar-refractivity contribution >= 4 is 15.7 Å². The van der Waals surface area contributed by atoms with E-state index in [-0.39, 0.29) is 47.5 Å². The average Bonchev–Trinajstić information content (AvgIpc) is 3.08. The predicted molar refractivity (Wildman–Crippen MR) is 117 cm³/mol. The number of methoxy groups -OCH3 is 1. The van der Waals surface area contributed by atoms with Gasteiger partial charge in [0.2, 0.25) is 5.91 Å². The number of ether oxygens (including phenoxy) is 2. The first-order chi connectivity index (χ1) is 15.2. The summed E-state index contributed by atoms with van der Waals surface area (Å²) in [6, 6.07) is 4.53. The smallest absolute Gasteiger partial charge is 0.387 e. The second-order valence-corrected chi connectivity index (χ2v) is 10.9. The predicted octanol–water partition coefficient (Wildman–Crippen LogP) is 3.08. The maximum Gasteiger partial charge on any atom is 0.387 e. The SMILES string of the molecule is COc1cc(CN(C)CC(=O)N(C2CCCCC2)C2CCS(=O)(=O)C2)ccc1OC(F)F. The molecule has 1 atom stereocenters. The fraction of sp³-hybridized carbons (Fsp3) is 0.682. The van der Waals surface area contributed by atoms with E-state index in [2.05, 4.69) is 4.74 Å². The van der Waals surface area contributed by atoms with Crippen LogP contribution in [0.4, 0.5) is 8.78 Å². The zero-order chi connectivity index (χ0) is 23.3. The van der Waals surface area contributed by atoms with Gasteiger partial charge in [0.05, 0.1) is 25.2 Å². The molecule has 2 aliphatic rings. The van der Waals surface area contributed by atoms with Crippen LogP contribution in [0.2, 0.25) is 0 Å². The minimum atomic E-state index is -3.10. The summed E-state index contributed by atoms with van der Waals surface area (Å²) < 4.78 is 58.8. The van der Waals surface area contributed by atoms with Gasteiger partial charge in [-0.2, -0.15) is 8.78 Å². The standard InChI is InChI=1S/C22H32F2N2O5S/c1-25(13-16-8-9-19(31-22(23)24)20(12-16)30-2)14-21(27)26(17-6-4-3-5-7-17)18-10-11-32(28,29)15-18/h8-9,12,17-18,22H,3-7,10-11,13-15H2,1-2H3. The van der Waals surface area contributed by atoms with Gasteiger partial charge < -0.3 is 14.4 Å². The van der Waals surface area contributed by atoms with E-state index in [1.165, 1.54) is 13.2 Å². The topological polar surface area (TPSA) is 76.2 Å². The minimum absolute atomic E-state index is 0.0434. The van der Waals surface area contributed by atoms with Crippen LogP contribution in [0.15, 0.2) is 18.2 Å². The van der Waals surface area contributed by atoms with Crippen LogP contribution in [0.5, 0.6) is 11.5 Å². The minimum Gasteiger partial charge on any atom is -0.493 e. The van der Waals surface area contributed by atoms with Crippen LogP contribution in [0.25, 0.3) is 0 Å². The van der Waals surface area contributed by atoms with Gasteiger partial charge in [0.25, 0.3) is 0 Å². The molecule has 0 N–H and O–H groups in total. The second kappa shape index (κ2) is 10.8. The lowest BCUT2D eigenvalue weighted by Crippen LogP contribution is -2.51. The molecule has 1 unspecified atom stereocenters. The Hall–Kier alpha value is -1.94. The molecule has 1 aliphatic carbocycles. The lowest BCUT2D eigenvalue weighted by atomic mass is 9.92. The van der Waals surface area contributed by atoms with Crippen LogP contribution in [-0.4, -0.2) is 75.0 Å². The van der Waals surface area contributed by atoms with E-state index in [1.54, 1.807) is 19.2 Å². The summed E-state index contributed by atoms with van der Waals surface area (Å²) in [5, 5.41) is 0. The van der Waals surface area contributed by atoms with Gasteiger partial charge >= 0.3 is 6.61 Å². The maximum atomic E-state index is 13.3. The summed E-state index contributed by atoms with van der Waals surface area (Å²) in [5.41, 5.74) is 0.784. The number of nitrogens with zero attached hydrogens (tertiary/aromatic N) is 2. The largest absolute Gasteiger partial charge is 0.493 e. The van der Waals surface area contributed by atoms with Crippen LogP contribution in [0.3, 0.4) is 0 Å². The zero-order valence-corrected chi connectivity index (χ0v) is 19.5. The van der Waals surface area contributed by atoms with Crippen molar-refractivity contribution < 1.29 is 31.5 Å². The molecule has 0 aromatic heterocycles. The van der Waals surface area contributed by atoms with Crippen molar-refractivity contribution in [3.8, 4) is 11.5 Å². The summed E-state index contributed by atoms with van der Waals surface area (Å²) >= 11 is 0. The molecule has 7 nitrogen and oxygen atoms in total. The first-order valence-electron chi connectivity index (χ1n) is 11.0. The van der Waals surface area contributed by atoms with Crippen molar-refractivity contribution in [1.82, 2.24) is 9.80 Å². The zero-order valence-electron chi connectivity index (χ0n) is 18.6. The lowest BCUT2D eigenvalue weighted by Gasteiger charge is -2.39. The number of hydrogen-bond donors (Lipinski definition) is 0. The Kier molecular flexibility index (Phi) is 8.32. The van der Waals surface area contributed by atoms with Crippen LogP contribution in [0, 0.1) is 0 Å². The normalized spacial score (nSPS) is 21.1. The van der Waals surface area contributed by atoms with Gasteiger partial charge in [-0.15, -0.1) is 0 Å². The number of amides is 1. The molecule has 180 valence electrons. The number of alkyl halides is 2. The van der Waals surface area contributed by atoms with E-state index in [4.69, 9.17) is 4.74 Å². The van der Waals surface area contributed by atoms with Crippen molar-refractivity contribution in [2.75, 3.05) is 32.2 Å². The molecule has 1 aliphatic heterocycles.